The number of benzene rings is 1. The quantitative estimate of drug-likeness (QED) is 0.627. The highest BCUT2D eigenvalue weighted by Gasteiger charge is 2.29. The van der Waals surface area contributed by atoms with Gasteiger partial charge < -0.3 is 16.4 Å². The molecule has 1 heterocycles. The maximum atomic E-state index is 12.6. The molecule has 2 aliphatic rings. The number of carbonyl (C=O) groups excluding carboxylic acids is 2. The number of piperazine rings is 1. The highest BCUT2D eigenvalue weighted by atomic mass is 35.5. The van der Waals surface area contributed by atoms with Crippen LogP contribution >= 0.6 is 12.4 Å². The van der Waals surface area contributed by atoms with E-state index in [0.29, 0.717) is 18.7 Å². The van der Waals surface area contributed by atoms with Gasteiger partial charge in [-0.1, -0.05) is 12.8 Å². The number of sulfonamides is 1. The number of nitrogens with zero attached hydrogens (tertiary/aromatic N) is 1. The van der Waals surface area contributed by atoms with Crippen LogP contribution in [-0.4, -0.2) is 56.8 Å². The first-order chi connectivity index (χ1) is 12.9. The average Bonchev–Trinajstić information content (AvgIpc) is 2.68. The van der Waals surface area contributed by atoms with Crippen LogP contribution in [-0.2, 0) is 14.8 Å². The fourth-order valence-electron chi connectivity index (χ4n) is 3.68. The molecule has 1 aromatic rings. The number of rotatable bonds is 5. The van der Waals surface area contributed by atoms with Crippen LogP contribution in [0.15, 0.2) is 29.2 Å². The van der Waals surface area contributed by atoms with Gasteiger partial charge in [-0.2, -0.15) is 4.31 Å². The van der Waals surface area contributed by atoms with Crippen molar-refractivity contribution in [1.82, 2.24) is 14.9 Å². The lowest BCUT2D eigenvalue weighted by Crippen LogP contribution is -2.49. The van der Waals surface area contributed by atoms with Crippen LogP contribution in [0.25, 0.3) is 0 Å². The van der Waals surface area contributed by atoms with E-state index in [1.165, 1.54) is 24.3 Å². The first-order valence-electron chi connectivity index (χ1n) is 9.29. The Labute approximate surface area is 171 Å². The summed E-state index contributed by atoms with van der Waals surface area (Å²) in [5.74, 6) is -0.253. The highest BCUT2D eigenvalue weighted by Crippen LogP contribution is 2.24. The Hall–Kier alpha value is -1.68. The van der Waals surface area contributed by atoms with Gasteiger partial charge >= 0.3 is 0 Å². The van der Waals surface area contributed by atoms with Gasteiger partial charge in [-0.15, -0.1) is 12.4 Å². The van der Waals surface area contributed by atoms with Crippen LogP contribution in [0.1, 0.15) is 36.0 Å². The van der Waals surface area contributed by atoms with Crippen molar-refractivity contribution in [2.75, 3.05) is 26.2 Å². The molecule has 0 aromatic heterocycles. The molecule has 156 valence electrons. The molecule has 2 unspecified atom stereocenters. The van der Waals surface area contributed by atoms with Gasteiger partial charge in [0, 0.05) is 24.7 Å². The van der Waals surface area contributed by atoms with Crippen molar-refractivity contribution in [3.05, 3.63) is 29.8 Å². The van der Waals surface area contributed by atoms with Crippen molar-refractivity contribution >= 4 is 34.2 Å². The highest BCUT2D eigenvalue weighted by molar-refractivity contribution is 7.89. The van der Waals surface area contributed by atoms with E-state index in [-0.39, 0.29) is 54.2 Å². The average molecular weight is 431 g/mol. The van der Waals surface area contributed by atoms with Gasteiger partial charge in [-0.05, 0) is 49.6 Å². The fourth-order valence-corrected chi connectivity index (χ4v) is 5.08. The minimum absolute atomic E-state index is 0. The van der Waals surface area contributed by atoms with Gasteiger partial charge in [0.25, 0.3) is 5.91 Å². The van der Waals surface area contributed by atoms with E-state index in [2.05, 4.69) is 10.6 Å². The maximum Gasteiger partial charge on any atom is 0.251 e. The number of nitrogens with two attached hydrogens (primary N) is 1. The van der Waals surface area contributed by atoms with Gasteiger partial charge in [0.1, 0.15) is 0 Å². The van der Waals surface area contributed by atoms with Crippen molar-refractivity contribution in [2.24, 2.45) is 11.7 Å². The summed E-state index contributed by atoms with van der Waals surface area (Å²) in [5, 5.41) is 5.63. The van der Waals surface area contributed by atoms with Crippen LogP contribution in [0.2, 0.25) is 0 Å². The molecule has 1 aromatic carbocycles. The second-order valence-corrected chi connectivity index (χ2v) is 9.01. The minimum Gasteiger partial charge on any atom is -0.354 e. The van der Waals surface area contributed by atoms with E-state index in [9.17, 15) is 18.0 Å². The molecule has 1 aliphatic carbocycles. The van der Waals surface area contributed by atoms with Crippen LogP contribution in [0.5, 0.6) is 0 Å². The lowest BCUT2D eigenvalue weighted by atomic mass is 9.84. The normalized spacial score (nSPS) is 23.4. The van der Waals surface area contributed by atoms with Crippen LogP contribution < -0.4 is 16.4 Å². The molecule has 4 N–H and O–H groups in total. The molecular weight excluding hydrogens is 404 g/mol. The first kappa shape index (κ1) is 22.6. The molecule has 0 bridgehead atoms. The summed E-state index contributed by atoms with van der Waals surface area (Å²) in [6, 6.07) is 5.90. The number of nitrogens with one attached hydrogen (secondary N) is 2. The van der Waals surface area contributed by atoms with Crippen molar-refractivity contribution in [3.63, 3.8) is 0 Å². The van der Waals surface area contributed by atoms with Crippen LogP contribution in [0.4, 0.5) is 0 Å². The SMILES string of the molecule is Cl.NCC1CCCCC1NC(=O)c1ccc(S(=O)(=O)N2CCNC(=O)C2)cc1. The fraction of sp³-hybridized carbons (Fsp3) is 0.556. The maximum absolute atomic E-state index is 12.6. The Balaban J connectivity index is 0.00000280. The number of amides is 2. The molecule has 1 saturated carbocycles. The first-order valence-corrected chi connectivity index (χ1v) is 10.7. The number of hydrogen-bond donors (Lipinski definition) is 3. The predicted octanol–water partition coefficient (Wildman–Crippen LogP) is 0.476. The van der Waals surface area contributed by atoms with Gasteiger partial charge in [-0.3, -0.25) is 9.59 Å². The largest absolute Gasteiger partial charge is 0.354 e. The summed E-state index contributed by atoms with van der Waals surface area (Å²) >= 11 is 0. The molecule has 2 atom stereocenters. The van der Waals surface area contributed by atoms with Gasteiger partial charge in [0.15, 0.2) is 0 Å². The Kier molecular flexibility index (Phi) is 7.82. The van der Waals surface area contributed by atoms with Gasteiger partial charge in [-0.25, -0.2) is 8.42 Å². The molecule has 1 saturated heterocycles. The summed E-state index contributed by atoms with van der Waals surface area (Å²) in [7, 11) is -3.75. The third kappa shape index (κ3) is 5.02. The molecule has 0 spiro atoms. The van der Waals surface area contributed by atoms with Crippen molar-refractivity contribution in [3.8, 4) is 0 Å². The lowest BCUT2D eigenvalue weighted by molar-refractivity contribution is -0.122. The minimum atomic E-state index is -3.75. The molecule has 28 heavy (non-hydrogen) atoms. The molecule has 10 heteroatoms. The Bertz CT molecular complexity index is 800. The predicted molar refractivity (Wildman–Crippen MR) is 108 cm³/mol. The molecule has 2 fully saturated rings. The summed E-state index contributed by atoms with van der Waals surface area (Å²) in [6.07, 6.45) is 4.14. The molecule has 0 radical (unpaired) electrons. The van der Waals surface area contributed by atoms with Crippen molar-refractivity contribution in [1.29, 1.82) is 0 Å². The summed E-state index contributed by atoms with van der Waals surface area (Å²) in [6.45, 7) is 0.888. The zero-order valence-corrected chi connectivity index (χ0v) is 17.2. The van der Waals surface area contributed by atoms with E-state index in [1.807, 2.05) is 0 Å². The number of carbonyl (C=O) groups is 2. The number of halogens is 1. The Morgan fingerprint density at radius 3 is 2.54 bits per heavy atom. The zero-order valence-electron chi connectivity index (χ0n) is 15.6. The van der Waals surface area contributed by atoms with Gasteiger partial charge in [0.2, 0.25) is 15.9 Å². The monoisotopic (exact) mass is 430 g/mol. The molecule has 8 nitrogen and oxygen atoms in total. The zero-order chi connectivity index (χ0) is 19.4. The molecular formula is C18H27ClN4O4S. The Morgan fingerprint density at radius 1 is 1.21 bits per heavy atom. The van der Waals surface area contributed by atoms with Crippen molar-refractivity contribution < 1.29 is 18.0 Å². The third-order valence-corrected chi connectivity index (χ3v) is 7.15. The van der Waals surface area contributed by atoms with E-state index < -0.39 is 10.0 Å². The number of hydrogen-bond acceptors (Lipinski definition) is 5. The Morgan fingerprint density at radius 2 is 1.89 bits per heavy atom. The van der Waals surface area contributed by atoms with E-state index in [4.69, 9.17) is 5.73 Å². The standard InChI is InChI=1S/C18H26N4O4S.ClH/c19-11-14-3-1-2-4-16(14)21-18(24)13-5-7-15(8-6-13)27(25,26)22-10-9-20-17(23)12-22;/h5-8,14,16H,1-4,9-12,19H2,(H,20,23)(H,21,24);1H. The third-order valence-electron chi connectivity index (χ3n) is 5.29. The summed E-state index contributed by atoms with van der Waals surface area (Å²) in [5.41, 5.74) is 6.21. The summed E-state index contributed by atoms with van der Waals surface area (Å²) < 4.78 is 26.4. The second-order valence-electron chi connectivity index (χ2n) is 7.07. The van der Waals surface area contributed by atoms with Gasteiger partial charge in [0.05, 0.1) is 11.4 Å². The van der Waals surface area contributed by atoms with E-state index in [0.717, 1.165) is 30.0 Å². The molecule has 3 rings (SSSR count). The summed E-state index contributed by atoms with van der Waals surface area (Å²) in [4.78, 5) is 24.0. The smallest absolute Gasteiger partial charge is 0.251 e. The molecule has 2 amide bonds. The van der Waals surface area contributed by atoms with E-state index in [1.54, 1.807) is 0 Å². The van der Waals surface area contributed by atoms with Crippen molar-refractivity contribution in [2.45, 2.75) is 36.6 Å². The second kappa shape index (κ2) is 9.69. The van der Waals surface area contributed by atoms with Crippen LogP contribution in [0, 0.1) is 5.92 Å². The molecule has 1 aliphatic heterocycles. The topological polar surface area (TPSA) is 122 Å². The van der Waals surface area contributed by atoms with Crippen LogP contribution in [0.3, 0.4) is 0 Å². The van der Waals surface area contributed by atoms with E-state index >= 15 is 0 Å². The lowest BCUT2D eigenvalue weighted by Gasteiger charge is -2.31.